The van der Waals surface area contributed by atoms with Gasteiger partial charge in [0.2, 0.25) is 0 Å². The number of hydrogen-bond donors (Lipinski definition) is 2. The summed E-state index contributed by atoms with van der Waals surface area (Å²) in [4.78, 5) is 59.5. The normalized spacial score (nSPS) is 10.3. The maximum absolute atomic E-state index is 12.3. The van der Waals surface area contributed by atoms with Gasteiger partial charge in [0.05, 0.1) is 23.5 Å². The fraction of sp³-hybridized carbons (Fsp3) is 0.364. The topological polar surface area (TPSA) is 154 Å². The van der Waals surface area contributed by atoms with Crippen molar-refractivity contribution in [1.82, 2.24) is 5.32 Å². The Hall–Kier alpha value is -3.80. The third-order valence-corrected chi connectivity index (χ3v) is 5.97. The lowest BCUT2D eigenvalue weighted by Crippen LogP contribution is -2.27. The van der Waals surface area contributed by atoms with E-state index in [2.05, 4.69) is 10.6 Å². The van der Waals surface area contributed by atoms with E-state index in [1.165, 1.54) is 35.6 Å². The van der Waals surface area contributed by atoms with Crippen molar-refractivity contribution in [2.24, 2.45) is 0 Å². The first-order valence-corrected chi connectivity index (χ1v) is 11.3. The summed E-state index contributed by atoms with van der Waals surface area (Å²) in [6.07, 6.45) is 0.498. The van der Waals surface area contributed by atoms with Crippen molar-refractivity contribution in [3.8, 4) is 0 Å². The largest absolute Gasteiger partial charge is 0.462 e. The molecule has 34 heavy (non-hydrogen) atoms. The predicted octanol–water partition coefficient (Wildman–Crippen LogP) is 3.01. The van der Waals surface area contributed by atoms with Crippen molar-refractivity contribution in [1.29, 1.82) is 0 Å². The van der Waals surface area contributed by atoms with Gasteiger partial charge in [-0.3, -0.25) is 24.5 Å². The minimum Gasteiger partial charge on any atom is -0.462 e. The van der Waals surface area contributed by atoms with E-state index >= 15 is 0 Å². The highest BCUT2D eigenvalue weighted by atomic mass is 32.1. The lowest BCUT2D eigenvalue weighted by Gasteiger charge is -2.08. The monoisotopic (exact) mass is 491 g/mol. The first-order valence-electron chi connectivity index (χ1n) is 10.4. The molecule has 1 aromatic heterocycles. The summed E-state index contributed by atoms with van der Waals surface area (Å²) < 4.78 is 9.99. The molecule has 12 heteroatoms. The van der Waals surface area contributed by atoms with Crippen molar-refractivity contribution >= 4 is 45.8 Å². The van der Waals surface area contributed by atoms with Crippen LogP contribution < -0.4 is 10.6 Å². The van der Waals surface area contributed by atoms with Crippen LogP contribution in [-0.4, -0.2) is 48.4 Å². The Bertz CT molecular complexity index is 1080. The second-order valence-corrected chi connectivity index (χ2v) is 8.05. The summed E-state index contributed by atoms with van der Waals surface area (Å²) in [6, 6.07) is 5.01. The summed E-state index contributed by atoms with van der Waals surface area (Å²) in [7, 11) is 0. The average molecular weight is 492 g/mol. The number of non-ortho nitro benzene ring substituents is 1. The molecule has 0 bridgehead atoms. The maximum atomic E-state index is 12.3. The van der Waals surface area contributed by atoms with Crippen LogP contribution in [0.1, 0.15) is 51.4 Å². The van der Waals surface area contributed by atoms with Crippen LogP contribution in [0, 0.1) is 17.0 Å². The third-order valence-electron chi connectivity index (χ3n) is 4.62. The van der Waals surface area contributed by atoms with Crippen LogP contribution in [0.15, 0.2) is 24.3 Å². The molecule has 1 heterocycles. The van der Waals surface area contributed by atoms with Crippen molar-refractivity contribution in [3.05, 3.63) is 55.9 Å². The van der Waals surface area contributed by atoms with E-state index in [4.69, 9.17) is 9.47 Å². The van der Waals surface area contributed by atoms with Gasteiger partial charge in [-0.15, -0.1) is 11.3 Å². The molecule has 0 unspecified atom stereocenters. The Morgan fingerprint density at radius 2 is 1.76 bits per heavy atom. The fourth-order valence-corrected chi connectivity index (χ4v) is 4.08. The van der Waals surface area contributed by atoms with Crippen molar-refractivity contribution in [2.45, 2.75) is 33.6 Å². The molecule has 0 radical (unpaired) electrons. The molecule has 0 spiro atoms. The van der Waals surface area contributed by atoms with Crippen molar-refractivity contribution in [2.75, 3.05) is 25.1 Å². The van der Waals surface area contributed by atoms with Gasteiger partial charge in [-0.05, 0) is 38.0 Å². The molecule has 0 fully saturated rings. The SMILES string of the molecule is CCOC(=O)c1c(NC(=O)COC(=O)CCNC(=O)c2ccc([N+](=O)[O-])cc2)sc(CC)c1C. The quantitative estimate of drug-likeness (QED) is 0.276. The Morgan fingerprint density at radius 3 is 2.35 bits per heavy atom. The Labute approximate surface area is 199 Å². The number of nitrogens with zero attached hydrogens (tertiary/aromatic N) is 1. The molecule has 0 aliphatic rings. The summed E-state index contributed by atoms with van der Waals surface area (Å²) >= 11 is 1.26. The van der Waals surface area contributed by atoms with Crippen LogP contribution in [0.5, 0.6) is 0 Å². The maximum Gasteiger partial charge on any atom is 0.341 e. The number of aryl methyl sites for hydroxylation is 1. The van der Waals surface area contributed by atoms with E-state index in [-0.39, 0.29) is 36.4 Å². The summed E-state index contributed by atoms with van der Waals surface area (Å²) in [5, 5.41) is 16.1. The molecule has 0 saturated carbocycles. The van der Waals surface area contributed by atoms with Crippen LogP contribution in [0.4, 0.5) is 10.7 Å². The number of amides is 2. The standard InChI is InChI=1S/C22H25N3O8S/c1-4-16-13(3)19(22(29)32-5-2)21(34-16)24-17(26)12-33-18(27)10-11-23-20(28)14-6-8-15(9-7-14)25(30)31/h6-9H,4-5,10-12H2,1-3H3,(H,23,28)(H,24,26). The van der Waals surface area contributed by atoms with E-state index in [1.807, 2.05) is 6.92 Å². The lowest BCUT2D eigenvalue weighted by atomic mass is 10.1. The molecular weight excluding hydrogens is 466 g/mol. The predicted molar refractivity (Wildman–Crippen MR) is 124 cm³/mol. The Morgan fingerprint density at radius 1 is 1.09 bits per heavy atom. The molecule has 0 aliphatic carbocycles. The minimum absolute atomic E-state index is 0.0484. The first kappa shape index (κ1) is 26.5. The first-order chi connectivity index (χ1) is 16.2. The van der Waals surface area contributed by atoms with E-state index in [1.54, 1.807) is 13.8 Å². The van der Waals surface area contributed by atoms with Crippen LogP contribution in [0.25, 0.3) is 0 Å². The average Bonchev–Trinajstić information content (AvgIpc) is 3.12. The number of nitrogens with one attached hydrogen (secondary N) is 2. The van der Waals surface area contributed by atoms with Crippen molar-refractivity contribution < 1.29 is 33.6 Å². The Kier molecular flexibility index (Phi) is 9.68. The molecule has 2 N–H and O–H groups in total. The van der Waals surface area contributed by atoms with E-state index in [0.29, 0.717) is 11.4 Å². The number of rotatable bonds is 11. The van der Waals surface area contributed by atoms with Gasteiger partial charge in [0, 0.05) is 29.1 Å². The van der Waals surface area contributed by atoms with Gasteiger partial charge in [-0.25, -0.2) is 4.79 Å². The van der Waals surface area contributed by atoms with Gasteiger partial charge in [0.15, 0.2) is 6.61 Å². The highest BCUT2D eigenvalue weighted by molar-refractivity contribution is 7.17. The smallest absolute Gasteiger partial charge is 0.341 e. The number of anilines is 1. The fourth-order valence-electron chi connectivity index (χ4n) is 2.93. The molecule has 0 atom stereocenters. The van der Waals surface area contributed by atoms with E-state index in [0.717, 1.165) is 10.4 Å². The molecule has 0 aliphatic heterocycles. The zero-order valence-corrected chi connectivity index (χ0v) is 19.8. The number of carbonyl (C=O) groups is 4. The van der Waals surface area contributed by atoms with Gasteiger partial charge in [-0.1, -0.05) is 6.92 Å². The number of hydrogen-bond acceptors (Lipinski definition) is 9. The molecule has 2 aromatic rings. The van der Waals surface area contributed by atoms with Crippen LogP contribution in [-0.2, 0) is 25.5 Å². The number of carbonyl (C=O) groups excluding carboxylic acids is 4. The minimum atomic E-state index is -0.707. The Balaban J connectivity index is 1.82. The third kappa shape index (κ3) is 7.10. The van der Waals surface area contributed by atoms with Crippen molar-refractivity contribution in [3.63, 3.8) is 0 Å². The van der Waals surface area contributed by atoms with Gasteiger partial charge >= 0.3 is 11.9 Å². The zero-order chi connectivity index (χ0) is 25.3. The second kappa shape index (κ2) is 12.4. The zero-order valence-electron chi connectivity index (χ0n) is 19.0. The number of esters is 2. The van der Waals surface area contributed by atoms with Crippen LogP contribution >= 0.6 is 11.3 Å². The lowest BCUT2D eigenvalue weighted by molar-refractivity contribution is -0.384. The number of nitro groups is 1. The molecule has 182 valence electrons. The molecule has 2 amide bonds. The molecule has 0 saturated heterocycles. The van der Waals surface area contributed by atoms with Gasteiger partial charge in [-0.2, -0.15) is 0 Å². The number of thiophene rings is 1. The summed E-state index contributed by atoms with van der Waals surface area (Å²) in [5.74, 6) is -2.36. The summed E-state index contributed by atoms with van der Waals surface area (Å²) in [6.45, 7) is 4.99. The van der Waals surface area contributed by atoms with Gasteiger partial charge in [0.25, 0.3) is 17.5 Å². The van der Waals surface area contributed by atoms with Crippen LogP contribution in [0.3, 0.4) is 0 Å². The molecular formula is C22H25N3O8S. The molecule has 2 rings (SSSR count). The second-order valence-electron chi connectivity index (χ2n) is 6.95. The number of nitro benzene ring substituents is 1. The highest BCUT2D eigenvalue weighted by Gasteiger charge is 2.23. The number of benzene rings is 1. The molecule has 11 nitrogen and oxygen atoms in total. The number of ether oxygens (including phenoxy) is 2. The van der Waals surface area contributed by atoms with Crippen LogP contribution in [0.2, 0.25) is 0 Å². The molecule has 1 aromatic carbocycles. The van der Waals surface area contributed by atoms with E-state index < -0.39 is 35.3 Å². The summed E-state index contributed by atoms with van der Waals surface area (Å²) in [5.41, 5.74) is 1.09. The van der Waals surface area contributed by atoms with E-state index in [9.17, 15) is 29.3 Å². The van der Waals surface area contributed by atoms with Gasteiger partial charge < -0.3 is 20.1 Å². The van der Waals surface area contributed by atoms with Gasteiger partial charge in [0.1, 0.15) is 5.00 Å². The highest BCUT2D eigenvalue weighted by Crippen LogP contribution is 2.34.